The molecule has 0 saturated heterocycles. The molecule has 0 amide bonds. The average Bonchev–Trinajstić information content (AvgIpc) is 2.61. The van der Waals surface area contributed by atoms with Crippen molar-refractivity contribution in [2.75, 3.05) is 6.54 Å². The largest absolute Gasteiger partial charge is 0.344 e. The van der Waals surface area contributed by atoms with Crippen molar-refractivity contribution in [3.8, 4) is 0 Å². The van der Waals surface area contributed by atoms with Gasteiger partial charge in [-0.1, -0.05) is 6.92 Å². The second-order valence-electron chi connectivity index (χ2n) is 4.29. The van der Waals surface area contributed by atoms with E-state index in [0.29, 0.717) is 6.04 Å². The van der Waals surface area contributed by atoms with Gasteiger partial charge in [-0.3, -0.25) is 0 Å². The minimum Gasteiger partial charge on any atom is -0.314 e. The normalized spacial score (nSPS) is 25.8. The van der Waals surface area contributed by atoms with Crippen LogP contribution in [0, 0.1) is 0 Å². The fourth-order valence-corrected chi connectivity index (χ4v) is 2.48. The van der Waals surface area contributed by atoms with E-state index in [9.17, 15) is 9.59 Å². The summed E-state index contributed by atoms with van der Waals surface area (Å²) in [7, 11) is 0. The molecule has 6 nitrogen and oxygen atoms in total. The van der Waals surface area contributed by atoms with Crippen molar-refractivity contribution in [2.24, 2.45) is 0 Å². The first-order chi connectivity index (χ1) is 7.72. The van der Waals surface area contributed by atoms with E-state index in [4.69, 9.17) is 0 Å². The molecule has 0 atom stereocenters. The first-order valence-corrected chi connectivity index (χ1v) is 5.85. The fourth-order valence-electron chi connectivity index (χ4n) is 2.48. The molecule has 0 bridgehead atoms. The van der Waals surface area contributed by atoms with Crippen molar-refractivity contribution in [3.63, 3.8) is 0 Å². The lowest BCUT2D eigenvalue weighted by Gasteiger charge is -2.28. The van der Waals surface area contributed by atoms with E-state index in [-0.39, 0.29) is 17.4 Å². The Hall–Kier alpha value is -1.30. The lowest BCUT2D eigenvalue weighted by molar-refractivity contribution is 0.286. The molecule has 16 heavy (non-hydrogen) atoms. The van der Waals surface area contributed by atoms with Gasteiger partial charge in [0.05, 0.1) is 0 Å². The minimum atomic E-state index is -0.322. The maximum Gasteiger partial charge on any atom is 0.344 e. The summed E-state index contributed by atoms with van der Waals surface area (Å²) in [5.41, 5.74) is -0.645. The summed E-state index contributed by atoms with van der Waals surface area (Å²) in [6.07, 6.45) is 3.82. The molecule has 1 aliphatic rings. The average molecular weight is 226 g/mol. The number of nitrogens with zero attached hydrogens (tertiary/aromatic N) is 1. The van der Waals surface area contributed by atoms with Crippen molar-refractivity contribution in [1.82, 2.24) is 20.1 Å². The molecular formula is C10H18N4O2. The van der Waals surface area contributed by atoms with Crippen LogP contribution in [0.25, 0.3) is 0 Å². The second kappa shape index (κ2) is 4.69. The van der Waals surface area contributed by atoms with Crippen molar-refractivity contribution in [3.05, 3.63) is 21.0 Å². The van der Waals surface area contributed by atoms with Gasteiger partial charge in [0, 0.05) is 12.1 Å². The predicted octanol–water partition coefficient (Wildman–Crippen LogP) is -0.0421. The molecule has 3 N–H and O–H groups in total. The minimum absolute atomic E-state index is 0.0532. The quantitative estimate of drug-likeness (QED) is 0.676. The molecule has 1 fully saturated rings. The molecule has 0 spiro atoms. The van der Waals surface area contributed by atoms with E-state index in [2.05, 4.69) is 22.4 Å². The molecule has 1 saturated carbocycles. The maximum absolute atomic E-state index is 11.4. The highest BCUT2D eigenvalue weighted by molar-refractivity contribution is 4.83. The highest BCUT2D eigenvalue weighted by Gasteiger charge is 2.24. The van der Waals surface area contributed by atoms with Crippen molar-refractivity contribution < 1.29 is 0 Å². The summed E-state index contributed by atoms with van der Waals surface area (Å²) in [6.45, 7) is 3.06. The number of nitrogens with one attached hydrogen (secondary N) is 3. The Labute approximate surface area is 93.0 Å². The summed E-state index contributed by atoms with van der Waals surface area (Å²) >= 11 is 0. The number of aromatic amines is 2. The van der Waals surface area contributed by atoms with Gasteiger partial charge < -0.3 is 5.32 Å². The lowest BCUT2D eigenvalue weighted by Crippen LogP contribution is -2.38. The summed E-state index contributed by atoms with van der Waals surface area (Å²) in [5.74, 6) is 0. The number of aromatic nitrogens is 3. The van der Waals surface area contributed by atoms with Gasteiger partial charge in [-0.25, -0.2) is 24.4 Å². The standard InChI is InChI=1S/C10H18N4O2/c1-2-11-7-3-5-8(6-4-7)14-9(15)12-13-10(14)16/h7-8,11H,2-6H2,1H3,(H,12,15)(H,13,16). The third-order valence-electron chi connectivity index (χ3n) is 3.27. The Balaban J connectivity index is 2.05. The molecule has 2 rings (SSSR count). The SMILES string of the molecule is CCNC1CCC(n2c(=O)[nH][nH]c2=O)CC1. The molecule has 0 aromatic carbocycles. The van der Waals surface area contributed by atoms with Crippen LogP contribution in [0.1, 0.15) is 38.6 Å². The van der Waals surface area contributed by atoms with Crippen LogP contribution in [0.4, 0.5) is 0 Å². The molecule has 90 valence electrons. The first kappa shape index (κ1) is 11.2. The molecule has 0 aliphatic heterocycles. The Morgan fingerprint density at radius 3 is 2.25 bits per heavy atom. The van der Waals surface area contributed by atoms with Crippen LogP contribution < -0.4 is 16.7 Å². The van der Waals surface area contributed by atoms with Gasteiger partial charge in [-0.15, -0.1) is 0 Å². The topological polar surface area (TPSA) is 82.7 Å². The van der Waals surface area contributed by atoms with Gasteiger partial charge in [-0.05, 0) is 32.2 Å². The number of hydrogen-bond donors (Lipinski definition) is 3. The van der Waals surface area contributed by atoms with E-state index in [1.165, 1.54) is 4.57 Å². The molecule has 0 radical (unpaired) electrons. The van der Waals surface area contributed by atoms with Crippen LogP contribution >= 0.6 is 0 Å². The third kappa shape index (κ3) is 2.11. The fraction of sp³-hybridized carbons (Fsp3) is 0.800. The zero-order valence-corrected chi connectivity index (χ0v) is 9.45. The first-order valence-electron chi connectivity index (χ1n) is 5.85. The third-order valence-corrected chi connectivity index (χ3v) is 3.27. The zero-order valence-electron chi connectivity index (χ0n) is 9.45. The van der Waals surface area contributed by atoms with Crippen LogP contribution in [0.15, 0.2) is 9.59 Å². The molecule has 6 heteroatoms. The van der Waals surface area contributed by atoms with E-state index in [1.54, 1.807) is 0 Å². The monoisotopic (exact) mass is 226 g/mol. The van der Waals surface area contributed by atoms with E-state index in [1.807, 2.05) is 0 Å². The van der Waals surface area contributed by atoms with E-state index in [0.717, 1.165) is 32.2 Å². The lowest BCUT2D eigenvalue weighted by atomic mass is 9.91. The van der Waals surface area contributed by atoms with E-state index >= 15 is 0 Å². The smallest absolute Gasteiger partial charge is 0.314 e. The Bertz CT molecular complexity index is 409. The summed E-state index contributed by atoms with van der Waals surface area (Å²) in [4.78, 5) is 22.8. The van der Waals surface area contributed by atoms with Crippen molar-refractivity contribution in [2.45, 2.75) is 44.7 Å². The highest BCUT2D eigenvalue weighted by Crippen LogP contribution is 2.26. The Kier molecular flexibility index (Phi) is 3.28. The van der Waals surface area contributed by atoms with Gasteiger partial charge in [0.2, 0.25) is 0 Å². The van der Waals surface area contributed by atoms with Gasteiger partial charge in [0.25, 0.3) is 0 Å². The number of hydrogen-bond acceptors (Lipinski definition) is 3. The molecule has 1 aliphatic carbocycles. The number of rotatable bonds is 3. The van der Waals surface area contributed by atoms with E-state index < -0.39 is 0 Å². The molecule has 0 unspecified atom stereocenters. The summed E-state index contributed by atoms with van der Waals surface area (Å²) in [6, 6.07) is 0.590. The van der Waals surface area contributed by atoms with Crippen LogP contribution in [0.3, 0.4) is 0 Å². The van der Waals surface area contributed by atoms with Crippen LogP contribution in [0.5, 0.6) is 0 Å². The summed E-state index contributed by atoms with van der Waals surface area (Å²) < 4.78 is 1.31. The Morgan fingerprint density at radius 2 is 1.75 bits per heavy atom. The van der Waals surface area contributed by atoms with Gasteiger partial charge >= 0.3 is 11.4 Å². The maximum atomic E-state index is 11.4. The second-order valence-corrected chi connectivity index (χ2v) is 4.29. The van der Waals surface area contributed by atoms with Crippen LogP contribution in [0.2, 0.25) is 0 Å². The molecule has 1 aromatic heterocycles. The van der Waals surface area contributed by atoms with Crippen molar-refractivity contribution in [1.29, 1.82) is 0 Å². The van der Waals surface area contributed by atoms with Crippen LogP contribution in [-0.4, -0.2) is 27.4 Å². The van der Waals surface area contributed by atoms with Gasteiger partial charge in [0.15, 0.2) is 0 Å². The summed E-state index contributed by atoms with van der Waals surface area (Å²) in [5, 5.41) is 8.05. The van der Waals surface area contributed by atoms with Gasteiger partial charge in [-0.2, -0.15) is 0 Å². The Morgan fingerprint density at radius 1 is 1.19 bits per heavy atom. The molecule has 1 aromatic rings. The molecular weight excluding hydrogens is 208 g/mol. The molecule has 1 heterocycles. The highest BCUT2D eigenvalue weighted by atomic mass is 16.2. The number of H-pyrrole nitrogens is 2. The zero-order chi connectivity index (χ0) is 11.5. The predicted molar refractivity (Wildman–Crippen MR) is 60.6 cm³/mol. The van der Waals surface area contributed by atoms with Gasteiger partial charge in [0.1, 0.15) is 0 Å². The van der Waals surface area contributed by atoms with Crippen molar-refractivity contribution >= 4 is 0 Å². The van der Waals surface area contributed by atoms with Crippen LogP contribution in [-0.2, 0) is 0 Å².